The van der Waals surface area contributed by atoms with E-state index in [0.29, 0.717) is 0 Å². The molecular formula is C17H25N5O4. The first-order chi connectivity index (χ1) is 12.2. The van der Waals surface area contributed by atoms with Gasteiger partial charge in [0.1, 0.15) is 11.6 Å². The van der Waals surface area contributed by atoms with Gasteiger partial charge in [0.15, 0.2) is 0 Å². The number of H-pyrrole nitrogens is 1. The minimum atomic E-state index is -0.774. The molecule has 1 aliphatic carbocycles. The summed E-state index contributed by atoms with van der Waals surface area (Å²) in [6.45, 7) is 2.05. The number of amides is 4. The van der Waals surface area contributed by atoms with Gasteiger partial charge in [-0.05, 0) is 37.3 Å². The molecule has 0 saturated carbocycles. The molecule has 1 aliphatic rings. The maximum Gasteiger partial charge on any atom is 0.312 e. The van der Waals surface area contributed by atoms with Crippen LogP contribution in [0.3, 0.4) is 0 Å². The van der Waals surface area contributed by atoms with Crippen molar-refractivity contribution in [1.82, 2.24) is 20.1 Å². The molecule has 0 spiro atoms. The number of rotatable bonds is 6. The molecule has 142 valence electrons. The van der Waals surface area contributed by atoms with Gasteiger partial charge in [0.25, 0.3) is 11.5 Å². The minimum absolute atomic E-state index is 0.195. The second-order valence-corrected chi connectivity index (χ2v) is 6.57. The number of nitrogens with zero attached hydrogens (tertiary/aromatic N) is 2. The lowest BCUT2D eigenvalue weighted by Crippen LogP contribution is -2.49. The molecular weight excluding hydrogens is 338 g/mol. The van der Waals surface area contributed by atoms with Crippen molar-refractivity contribution in [3.8, 4) is 0 Å². The molecule has 1 atom stereocenters. The minimum Gasteiger partial charge on any atom is -0.352 e. The van der Waals surface area contributed by atoms with E-state index in [1.165, 1.54) is 16.7 Å². The number of nitrogens with one attached hydrogen (secondary N) is 2. The van der Waals surface area contributed by atoms with E-state index in [4.69, 9.17) is 5.73 Å². The predicted molar refractivity (Wildman–Crippen MR) is 95.9 cm³/mol. The van der Waals surface area contributed by atoms with E-state index in [0.717, 1.165) is 30.4 Å². The van der Waals surface area contributed by atoms with E-state index in [1.54, 1.807) is 20.3 Å². The lowest BCUT2D eigenvalue weighted by molar-refractivity contribution is -0.131. The van der Waals surface area contributed by atoms with E-state index >= 15 is 0 Å². The molecule has 2 rings (SSSR count). The SMILES string of the molecule is CC(NC(N)=O)C(=O)N(C)CCN(C)C(=O)c1c2c(c[nH]c1=O)CCC2. The quantitative estimate of drug-likeness (QED) is 0.626. The van der Waals surface area contributed by atoms with E-state index in [-0.39, 0.29) is 36.0 Å². The van der Waals surface area contributed by atoms with Gasteiger partial charge in [-0.25, -0.2) is 4.79 Å². The zero-order valence-electron chi connectivity index (χ0n) is 15.3. The Morgan fingerprint density at radius 3 is 2.54 bits per heavy atom. The van der Waals surface area contributed by atoms with E-state index < -0.39 is 12.1 Å². The second-order valence-electron chi connectivity index (χ2n) is 6.57. The zero-order valence-corrected chi connectivity index (χ0v) is 15.3. The van der Waals surface area contributed by atoms with E-state index in [2.05, 4.69) is 10.3 Å². The van der Waals surface area contributed by atoms with Crippen LogP contribution in [0.2, 0.25) is 0 Å². The fraction of sp³-hybridized carbons (Fsp3) is 0.529. The molecule has 0 aliphatic heterocycles. The molecule has 4 N–H and O–H groups in total. The fourth-order valence-corrected chi connectivity index (χ4v) is 3.11. The van der Waals surface area contributed by atoms with E-state index in [9.17, 15) is 19.2 Å². The average Bonchev–Trinajstić information content (AvgIpc) is 3.05. The third kappa shape index (κ3) is 4.22. The molecule has 1 unspecified atom stereocenters. The Morgan fingerprint density at radius 2 is 1.88 bits per heavy atom. The van der Waals surface area contributed by atoms with Crippen molar-refractivity contribution in [3.63, 3.8) is 0 Å². The smallest absolute Gasteiger partial charge is 0.312 e. The van der Waals surface area contributed by atoms with Gasteiger partial charge < -0.3 is 25.8 Å². The summed E-state index contributed by atoms with van der Waals surface area (Å²) in [6.07, 6.45) is 4.20. The highest BCUT2D eigenvalue weighted by atomic mass is 16.2. The normalized spacial score (nSPS) is 13.7. The Labute approximate surface area is 151 Å². The monoisotopic (exact) mass is 363 g/mol. The Hall–Kier alpha value is -2.84. The Balaban J connectivity index is 2.00. The second kappa shape index (κ2) is 8.03. The number of aryl methyl sites for hydroxylation is 1. The number of pyridine rings is 1. The largest absolute Gasteiger partial charge is 0.352 e. The Kier molecular flexibility index (Phi) is 6.01. The standard InChI is InChI=1S/C17H25N5O4/c1-10(20-17(18)26)15(24)21(2)7-8-22(3)16(25)13-12-6-4-5-11(12)9-19-14(13)23/h9-10H,4-8H2,1-3H3,(H,19,23)(H3,18,20,26). The fourth-order valence-electron chi connectivity index (χ4n) is 3.11. The summed E-state index contributed by atoms with van der Waals surface area (Å²) in [7, 11) is 3.17. The summed E-state index contributed by atoms with van der Waals surface area (Å²) < 4.78 is 0. The molecule has 1 aromatic rings. The van der Waals surface area contributed by atoms with Gasteiger partial charge in [0, 0.05) is 33.4 Å². The molecule has 1 aromatic heterocycles. The number of hydrogen-bond acceptors (Lipinski definition) is 4. The highest BCUT2D eigenvalue weighted by molar-refractivity contribution is 5.95. The number of likely N-dealkylation sites (N-methyl/N-ethyl adjacent to an activating group) is 2. The molecule has 9 nitrogen and oxygen atoms in total. The maximum absolute atomic E-state index is 12.7. The molecule has 0 aromatic carbocycles. The molecule has 9 heteroatoms. The van der Waals surface area contributed by atoms with Gasteiger partial charge >= 0.3 is 6.03 Å². The third-order valence-corrected chi connectivity index (χ3v) is 4.60. The highest BCUT2D eigenvalue weighted by Crippen LogP contribution is 2.23. The molecule has 26 heavy (non-hydrogen) atoms. The lowest BCUT2D eigenvalue weighted by Gasteiger charge is -2.25. The first kappa shape index (κ1) is 19.5. The number of carbonyl (C=O) groups is 3. The van der Waals surface area contributed by atoms with Crippen LogP contribution in [0.5, 0.6) is 0 Å². The van der Waals surface area contributed by atoms with Crippen molar-refractivity contribution >= 4 is 17.8 Å². The molecule has 1 heterocycles. The number of primary amides is 1. The van der Waals surface area contributed by atoms with Gasteiger partial charge in [-0.3, -0.25) is 14.4 Å². The van der Waals surface area contributed by atoms with Crippen molar-refractivity contribution in [3.05, 3.63) is 33.2 Å². The van der Waals surface area contributed by atoms with Crippen LogP contribution in [0.25, 0.3) is 0 Å². The van der Waals surface area contributed by atoms with Crippen LogP contribution in [0.15, 0.2) is 11.0 Å². The topological polar surface area (TPSA) is 129 Å². The third-order valence-electron chi connectivity index (χ3n) is 4.60. The molecule has 4 amide bonds. The number of aromatic amines is 1. The first-order valence-electron chi connectivity index (χ1n) is 8.52. The van der Waals surface area contributed by atoms with Crippen LogP contribution in [0.4, 0.5) is 4.79 Å². The van der Waals surface area contributed by atoms with Crippen molar-refractivity contribution in [2.45, 2.75) is 32.2 Å². The summed E-state index contributed by atoms with van der Waals surface area (Å²) in [5.74, 6) is -0.669. The molecule has 0 bridgehead atoms. The summed E-state index contributed by atoms with van der Waals surface area (Å²) >= 11 is 0. The summed E-state index contributed by atoms with van der Waals surface area (Å²) in [6, 6.07) is -1.53. The van der Waals surface area contributed by atoms with Crippen LogP contribution in [-0.4, -0.2) is 65.9 Å². The number of urea groups is 1. The number of aromatic nitrogens is 1. The Morgan fingerprint density at radius 1 is 1.23 bits per heavy atom. The highest BCUT2D eigenvalue weighted by Gasteiger charge is 2.25. The maximum atomic E-state index is 12.7. The number of nitrogens with two attached hydrogens (primary N) is 1. The van der Waals surface area contributed by atoms with E-state index in [1.807, 2.05) is 0 Å². The Bertz CT molecular complexity index is 773. The molecule has 0 fully saturated rings. The average molecular weight is 363 g/mol. The number of fused-ring (bicyclic) bond motifs is 1. The summed E-state index contributed by atoms with van der Waals surface area (Å²) in [4.78, 5) is 53.3. The van der Waals surface area contributed by atoms with Crippen LogP contribution in [-0.2, 0) is 17.6 Å². The van der Waals surface area contributed by atoms with Crippen molar-refractivity contribution in [2.75, 3.05) is 27.2 Å². The number of carbonyl (C=O) groups excluding carboxylic acids is 3. The summed E-state index contributed by atoms with van der Waals surface area (Å²) in [5.41, 5.74) is 6.66. The number of hydrogen-bond donors (Lipinski definition) is 3. The van der Waals surface area contributed by atoms with Gasteiger partial charge in [-0.2, -0.15) is 0 Å². The summed E-state index contributed by atoms with van der Waals surface area (Å²) in [5, 5.41) is 2.32. The van der Waals surface area contributed by atoms with Crippen molar-refractivity contribution in [2.24, 2.45) is 5.73 Å². The van der Waals surface area contributed by atoms with Gasteiger partial charge in [-0.1, -0.05) is 0 Å². The van der Waals surface area contributed by atoms with Crippen LogP contribution >= 0.6 is 0 Å². The van der Waals surface area contributed by atoms with Crippen LogP contribution < -0.4 is 16.6 Å². The van der Waals surface area contributed by atoms with Crippen LogP contribution in [0, 0.1) is 0 Å². The predicted octanol–water partition coefficient (Wildman–Crippen LogP) is -0.549. The first-order valence-corrected chi connectivity index (χ1v) is 8.52. The lowest BCUT2D eigenvalue weighted by atomic mass is 10.1. The zero-order chi connectivity index (χ0) is 19.4. The van der Waals surface area contributed by atoms with Gasteiger partial charge in [0.05, 0.1) is 0 Å². The molecule has 0 saturated heterocycles. The van der Waals surface area contributed by atoms with Crippen LogP contribution in [0.1, 0.15) is 34.8 Å². The van der Waals surface area contributed by atoms with Gasteiger partial charge in [0.2, 0.25) is 5.91 Å². The van der Waals surface area contributed by atoms with Gasteiger partial charge in [-0.15, -0.1) is 0 Å². The van der Waals surface area contributed by atoms with Crippen molar-refractivity contribution in [1.29, 1.82) is 0 Å². The molecule has 0 radical (unpaired) electrons. The van der Waals surface area contributed by atoms with Crippen molar-refractivity contribution < 1.29 is 14.4 Å².